The van der Waals surface area contributed by atoms with Gasteiger partial charge in [-0.15, -0.1) is 11.3 Å². The second kappa shape index (κ2) is 6.08. The molecule has 0 saturated heterocycles. The van der Waals surface area contributed by atoms with Crippen molar-refractivity contribution in [3.05, 3.63) is 69.1 Å². The van der Waals surface area contributed by atoms with E-state index in [1.807, 2.05) is 0 Å². The maximum absolute atomic E-state index is 12.9. The van der Waals surface area contributed by atoms with Crippen LogP contribution >= 0.6 is 11.3 Å². The number of thiazole rings is 1. The lowest BCUT2D eigenvalue weighted by Crippen LogP contribution is -2.31. The first-order valence-electron chi connectivity index (χ1n) is 6.76. The zero-order valence-corrected chi connectivity index (χ0v) is 12.8. The van der Waals surface area contributed by atoms with Crippen LogP contribution in [0.15, 0.2) is 46.8 Å². The second-order valence-electron chi connectivity index (χ2n) is 4.87. The number of nitrogens with one attached hydrogen (secondary N) is 1. The largest absolute Gasteiger partial charge is 0.416 e. The van der Waals surface area contributed by atoms with Crippen molar-refractivity contribution >= 4 is 22.2 Å². The summed E-state index contributed by atoms with van der Waals surface area (Å²) in [6.07, 6.45) is -1.91. The van der Waals surface area contributed by atoms with Crippen molar-refractivity contribution in [1.82, 2.24) is 14.7 Å². The van der Waals surface area contributed by atoms with Gasteiger partial charge in [-0.2, -0.15) is 13.2 Å². The van der Waals surface area contributed by atoms with Gasteiger partial charge in [-0.25, -0.2) is 4.98 Å². The van der Waals surface area contributed by atoms with Crippen molar-refractivity contribution in [2.75, 3.05) is 0 Å². The molecule has 1 aromatic carbocycles. The molecule has 0 aliphatic heterocycles. The third-order valence-corrected chi connectivity index (χ3v) is 4.12. The number of benzene rings is 1. The maximum Gasteiger partial charge on any atom is 0.416 e. The Kier molecular flexibility index (Phi) is 4.10. The van der Waals surface area contributed by atoms with E-state index in [2.05, 4.69) is 10.3 Å². The minimum Gasteiger partial charge on any atom is -0.348 e. The van der Waals surface area contributed by atoms with Gasteiger partial charge >= 0.3 is 6.18 Å². The molecule has 9 heteroatoms. The summed E-state index contributed by atoms with van der Waals surface area (Å²) in [5.41, 5.74) is -1.70. The highest BCUT2D eigenvalue weighted by molar-refractivity contribution is 7.15. The van der Waals surface area contributed by atoms with E-state index in [0.29, 0.717) is 4.96 Å². The number of carbonyl (C=O) groups excluding carboxylic acids is 1. The summed E-state index contributed by atoms with van der Waals surface area (Å²) in [4.78, 5) is 28.7. The van der Waals surface area contributed by atoms with Gasteiger partial charge in [-0.3, -0.25) is 14.0 Å². The van der Waals surface area contributed by atoms with E-state index in [0.717, 1.165) is 12.3 Å². The second-order valence-corrected chi connectivity index (χ2v) is 5.74. The molecule has 24 heavy (non-hydrogen) atoms. The van der Waals surface area contributed by atoms with Gasteiger partial charge in [0.1, 0.15) is 5.56 Å². The summed E-state index contributed by atoms with van der Waals surface area (Å²) in [5.74, 6) is -0.773. The molecule has 0 radical (unpaired) electrons. The fourth-order valence-electron chi connectivity index (χ4n) is 2.20. The first kappa shape index (κ1) is 16.2. The Morgan fingerprint density at radius 2 is 2.04 bits per heavy atom. The van der Waals surface area contributed by atoms with E-state index in [1.165, 1.54) is 40.1 Å². The molecule has 1 N–H and O–H groups in total. The lowest BCUT2D eigenvalue weighted by atomic mass is 10.1. The number of alkyl halides is 3. The Balaban J connectivity index is 1.83. The predicted molar refractivity (Wildman–Crippen MR) is 82.0 cm³/mol. The smallest absolute Gasteiger partial charge is 0.348 e. The van der Waals surface area contributed by atoms with Crippen LogP contribution in [0.1, 0.15) is 21.5 Å². The average Bonchev–Trinajstić information content (AvgIpc) is 3.02. The molecule has 5 nitrogen and oxygen atoms in total. The van der Waals surface area contributed by atoms with Crippen LogP contribution < -0.4 is 10.9 Å². The topological polar surface area (TPSA) is 63.5 Å². The molecule has 0 spiro atoms. The zero-order valence-electron chi connectivity index (χ0n) is 12.0. The van der Waals surface area contributed by atoms with Crippen LogP contribution in [0.2, 0.25) is 0 Å². The molecular weight excluding hydrogens is 343 g/mol. The van der Waals surface area contributed by atoms with Gasteiger partial charge in [0, 0.05) is 24.3 Å². The SMILES string of the molecule is O=C(NCc1ccccc1C(F)(F)F)c1cnc2sccn2c1=O. The van der Waals surface area contributed by atoms with Crippen molar-refractivity contribution in [1.29, 1.82) is 0 Å². The highest BCUT2D eigenvalue weighted by atomic mass is 32.1. The van der Waals surface area contributed by atoms with Gasteiger partial charge < -0.3 is 5.32 Å². The van der Waals surface area contributed by atoms with Crippen molar-refractivity contribution in [2.24, 2.45) is 0 Å². The van der Waals surface area contributed by atoms with Crippen molar-refractivity contribution in [3.63, 3.8) is 0 Å². The monoisotopic (exact) mass is 353 g/mol. The molecule has 0 fully saturated rings. The van der Waals surface area contributed by atoms with Crippen molar-refractivity contribution < 1.29 is 18.0 Å². The van der Waals surface area contributed by atoms with Crippen molar-refractivity contribution in [3.8, 4) is 0 Å². The van der Waals surface area contributed by atoms with E-state index in [9.17, 15) is 22.8 Å². The lowest BCUT2D eigenvalue weighted by molar-refractivity contribution is -0.138. The Hall–Kier alpha value is -2.68. The summed E-state index contributed by atoms with van der Waals surface area (Å²) in [6, 6.07) is 4.94. The summed E-state index contributed by atoms with van der Waals surface area (Å²) >= 11 is 1.23. The molecule has 3 aromatic rings. The lowest BCUT2D eigenvalue weighted by Gasteiger charge is -2.13. The van der Waals surface area contributed by atoms with Gasteiger partial charge in [0.25, 0.3) is 11.5 Å². The summed E-state index contributed by atoms with van der Waals surface area (Å²) in [5, 5.41) is 3.98. The van der Waals surface area contributed by atoms with E-state index >= 15 is 0 Å². The minimum atomic E-state index is -4.52. The normalized spacial score (nSPS) is 11.6. The van der Waals surface area contributed by atoms with Crippen LogP contribution in [0.4, 0.5) is 13.2 Å². The first-order chi connectivity index (χ1) is 11.4. The number of amides is 1. The Morgan fingerprint density at radius 3 is 2.79 bits per heavy atom. The molecule has 0 bridgehead atoms. The third-order valence-electron chi connectivity index (χ3n) is 3.35. The summed E-state index contributed by atoms with van der Waals surface area (Å²) in [7, 11) is 0. The number of hydrogen-bond donors (Lipinski definition) is 1. The molecule has 2 aromatic heterocycles. The number of hydrogen-bond acceptors (Lipinski definition) is 4. The fraction of sp³-hybridized carbons (Fsp3) is 0.133. The molecule has 3 rings (SSSR count). The quantitative estimate of drug-likeness (QED) is 0.787. The molecule has 0 unspecified atom stereocenters. The molecular formula is C15H10F3N3O2S. The predicted octanol–water partition coefficient (Wildman–Crippen LogP) is 2.70. The molecule has 1 amide bonds. The van der Waals surface area contributed by atoms with E-state index in [1.54, 1.807) is 5.38 Å². The minimum absolute atomic E-state index is 0.0805. The molecule has 2 heterocycles. The first-order valence-corrected chi connectivity index (χ1v) is 7.64. The highest BCUT2D eigenvalue weighted by Crippen LogP contribution is 2.31. The van der Waals surface area contributed by atoms with Gasteiger partial charge in [0.05, 0.1) is 5.56 Å². The number of carbonyl (C=O) groups is 1. The molecule has 0 atom stereocenters. The van der Waals surface area contributed by atoms with Crippen LogP contribution in [0.3, 0.4) is 0 Å². The van der Waals surface area contributed by atoms with Gasteiger partial charge in [-0.05, 0) is 11.6 Å². The van der Waals surface area contributed by atoms with Crippen molar-refractivity contribution in [2.45, 2.75) is 12.7 Å². The molecule has 0 aliphatic rings. The average molecular weight is 353 g/mol. The molecule has 0 aliphatic carbocycles. The van der Waals surface area contributed by atoms with Gasteiger partial charge in [0.2, 0.25) is 0 Å². The van der Waals surface area contributed by atoms with Crippen LogP contribution in [0, 0.1) is 0 Å². The van der Waals surface area contributed by atoms with E-state index in [4.69, 9.17) is 0 Å². The van der Waals surface area contributed by atoms with Gasteiger partial charge in [-0.1, -0.05) is 18.2 Å². The van der Waals surface area contributed by atoms with Gasteiger partial charge in [0.15, 0.2) is 4.96 Å². The standard InChI is InChI=1S/C15H10F3N3O2S/c16-15(17,18)11-4-2-1-3-9(11)7-19-12(22)10-8-20-14-21(13(10)23)5-6-24-14/h1-6,8H,7H2,(H,19,22). The number of aromatic nitrogens is 2. The van der Waals surface area contributed by atoms with Crippen LogP contribution in [-0.2, 0) is 12.7 Å². The zero-order chi connectivity index (χ0) is 17.3. The Bertz CT molecular complexity index is 962. The Labute approximate surface area is 137 Å². The number of rotatable bonds is 3. The third kappa shape index (κ3) is 3.02. The number of nitrogens with zero attached hydrogens (tertiary/aromatic N) is 2. The van der Waals surface area contributed by atoms with Crippen LogP contribution in [0.5, 0.6) is 0 Å². The van der Waals surface area contributed by atoms with E-state index in [-0.39, 0.29) is 17.7 Å². The summed E-state index contributed by atoms with van der Waals surface area (Å²) in [6.45, 7) is -0.347. The molecule has 0 saturated carbocycles. The molecule has 124 valence electrons. The Morgan fingerprint density at radius 1 is 1.29 bits per heavy atom. The van der Waals surface area contributed by atoms with E-state index < -0.39 is 23.2 Å². The fourth-order valence-corrected chi connectivity index (χ4v) is 2.88. The maximum atomic E-state index is 12.9. The van der Waals surface area contributed by atoms with Crippen LogP contribution in [-0.4, -0.2) is 15.3 Å². The van der Waals surface area contributed by atoms with Crippen LogP contribution in [0.25, 0.3) is 4.96 Å². The number of fused-ring (bicyclic) bond motifs is 1. The number of halogens is 3. The summed E-state index contributed by atoms with van der Waals surface area (Å²) < 4.78 is 40.0. The highest BCUT2D eigenvalue weighted by Gasteiger charge is 2.32.